The Hall–Kier alpha value is -3.20. The number of esters is 2. The van der Waals surface area contributed by atoms with Gasteiger partial charge in [-0.3, -0.25) is 0 Å². The minimum Gasteiger partial charge on any atom is -0.508 e. The van der Waals surface area contributed by atoms with Gasteiger partial charge in [-0.25, -0.2) is 9.59 Å². The summed E-state index contributed by atoms with van der Waals surface area (Å²) in [6.45, 7) is 7.25. The number of phenols is 2. The molecule has 0 saturated carbocycles. The molecule has 0 bridgehead atoms. The molecule has 2 atom stereocenters. The van der Waals surface area contributed by atoms with Crippen LogP contribution in [-0.2, 0) is 25.5 Å². The van der Waals surface area contributed by atoms with Crippen LogP contribution in [0.1, 0.15) is 62.0 Å². The van der Waals surface area contributed by atoms with Gasteiger partial charge in [0.15, 0.2) is 10.2 Å². The Kier molecular flexibility index (Phi) is 10.4. The minimum absolute atomic E-state index is 0.0509. The Morgan fingerprint density at radius 3 is 1.49 bits per heavy atom. The highest BCUT2D eigenvalue weighted by atomic mass is 79.9. The van der Waals surface area contributed by atoms with Gasteiger partial charge in [0.05, 0.1) is 36.4 Å². The number of carbonyl (C=O) groups excluding carboxylic acids is 2. The molecule has 228 valence electrons. The summed E-state index contributed by atoms with van der Waals surface area (Å²) in [7, 11) is 0. The standard InChI is InChI=1S/C29H30Br2N4O6S2/c1-5-40-26(38)22-12(3)32-28(42)34-24(22)16-8-14(18(30)10-20(16)36)7-15-9-17(21(37)11-19(15)31)25-23(27(39)41-6-2)13(4)33-29(43)35-25/h8-11,24-25,36-37H,5-7H2,1-4H3,(H2,32,34,42)(H2,33,35,43). The van der Waals surface area contributed by atoms with Crippen LogP contribution < -0.4 is 21.3 Å². The lowest BCUT2D eigenvalue weighted by molar-refractivity contribution is -0.140. The van der Waals surface area contributed by atoms with E-state index in [0.717, 1.165) is 11.1 Å². The summed E-state index contributed by atoms with van der Waals surface area (Å²) in [4.78, 5) is 25.8. The van der Waals surface area contributed by atoms with Crippen molar-refractivity contribution in [1.29, 1.82) is 0 Å². The van der Waals surface area contributed by atoms with Crippen molar-refractivity contribution in [2.75, 3.05) is 13.2 Å². The molecule has 2 aliphatic rings. The Labute approximate surface area is 276 Å². The van der Waals surface area contributed by atoms with Crippen molar-refractivity contribution in [3.8, 4) is 11.5 Å². The summed E-state index contributed by atoms with van der Waals surface area (Å²) in [5.41, 5.74) is 4.03. The van der Waals surface area contributed by atoms with E-state index in [0.29, 0.717) is 59.3 Å². The van der Waals surface area contributed by atoms with Crippen molar-refractivity contribution in [1.82, 2.24) is 21.3 Å². The summed E-state index contributed by atoms with van der Waals surface area (Å²) in [5, 5.41) is 34.6. The predicted octanol–water partition coefficient (Wildman–Crippen LogP) is 4.93. The van der Waals surface area contributed by atoms with E-state index in [1.54, 1.807) is 52.0 Å². The summed E-state index contributed by atoms with van der Waals surface area (Å²) < 4.78 is 11.8. The number of allylic oxidation sites excluding steroid dienone is 2. The highest BCUT2D eigenvalue weighted by Gasteiger charge is 2.34. The van der Waals surface area contributed by atoms with Gasteiger partial charge in [-0.1, -0.05) is 31.9 Å². The van der Waals surface area contributed by atoms with Crippen LogP contribution in [-0.4, -0.2) is 45.6 Å². The first-order valence-electron chi connectivity index (χ1n) is 13.3. The van der Waals surface area contributed by atoms with Crippen LogP contribution in [0, 0.1) is 0 Å². The predicted molar refractivity (Wildman–Crippen MR) is 176 cm³/mol. The Morgan fingerprint density at radius 1 is 0.767 bits per heavy atom. The van der Waals surface area contributed by atoms with Gasteiger partial charge in [0.2, 0.25) is 0 Å². The molecule has 0 spiro atoms. The van der Waals surface area contributed by atoms with Crippen LogP contribution >= 0.6 is 56.3 Å². The van der Waals surface area contributed by atoms with Crippen LogP contribution in [0.25, 0.3) is 0 Å². The van der Waals surface area contributed by atoms with Crippen LogP contribution in [0.4, 0.5) is 0 Å². The van der Waals surface area contributed by atoms with Gasteiger partial charge in [0.1, 0.15) is 11.5 Å². The number of phenolic OH excluding ortho intramolecular Hbond substituents is 2. The number of aromatic hydroxyl groups is 2. The third-order valence-electron chi connectivity index (χ3n) is 6.92. The maximum absolute atomic E-state index is 12.9. The van der Waals surface area contributed by atoms with Gasteiger partial charge >= 0.3 is 11.9 Å². The van der Waals surface area contributed by atoms with Crippen LogP contribution in [0.5, 0.6) is 11.5 Å². The molecule has 14 heteroatoms. The highest BCUT2D eigenvalue weighted by molar-refractivity contribution is 9.10. The molecule has 2 heterocycles. The largest absolute Gasteiger partial charge is 0.508 e. The summed E-state index contributed by atoms with van der Waals surface area (Å²) in [5.74, 6) is -1.17. The van der Waals surface area contributed by atoms with E-state index in [1.807, 2.05) is 0 Å². The van der Waals surface area contributed by atoms with Crippen molar-refractivity contribution >= 4 is 78.5 Å². The smallest absolute Gasteiger partial charge is 0.338 e. The first-order valence-corrected chi connectivity index (χ1v) is 15.7. The Bertz CT molecular complexity index is 1480. The molecule has 2 aromatic rings. The number of thiocarbonyl (C=S) groups is 2. The highest BCUT2D eigenvalue weighted by Crippen LogP contribution is 2.40. The molecular formula is C29H30Br2N4O6S2. The van der Waals surface area contributed by atoms with Crippen molar-refractivity contribution in [3.63, 3.8) is 0 Å². The van der Waals surface area contributed by atoms with Gasteiger partial charge in [-0.2, -0.15) is 0 Å². The molecule has 0 aliphatic carbocycles. The fraction of sp³-hybridized carbons (Fsp3) is 0.310. The molecule has 4 rings (SSSR count). The van der Waals surface area contributed by atoms with E-state index < -0.39 is 24.0 Å². The summed E-state index contributed by atoms with van der Waals surface area (Å²) in [6.07, 6.45) is 0.335. The van der Waals surface area contributed by atoms with Crippen molar-refractivity contribution < 1.29 is 29.3 Å². The van der Waals surface area contributed by atoms with Gasteiger partial charge in [0, 0.05) is 31.5 Å². The summed E-state index contributed by atoms with van der Waals surface area (Å²) >= 11 is 17.8. The average molecular weight is 755 g/mol. The number of hydrogen-bond acceptors (Lipinski definition) is 8. The van der Waals surface area contributed by atoms with E-state index in [1.165, 1.54) is 0 Å². The van der Waals surface area contributed by atoms with E-state index in [2.05, 4.69) is 53.1 Å². The maximum atomic E-state index is 12.9. The number of carbonyl (C=O) groups is 2. The fourth-order valence-electron chi connectivity index (χ4n) is 5.00. The zero-order valence-corrected chi connectivity index (χ0v) is 28.5. The molecule has 0 radical (unpaired) electrons. The average Bonchev–Trinajstić information content (AvgIpc) is 2.90. The number of benzene rings is 2. The number of rotatable bonds is 8. The third-order valence-corrected chi connectivity index (χ3v) is 8.84. The van der Waals surface area contributed by atoms with Crippen LogP contribution in [0.15, 0.2) is 55.8 Å². The SMILES string of the molecule is CCOC(=O)C1=C(C)NC(=S)NC1c1cc(Cc2cc(C3NC(=S)NC(C)=C3C(=O)OCC)c(O)cc2Br)c(Br)cc1O. The number of nitrogens with one attached hydrogen (secondary N) is 4. The number of hydrogen-bond donors (Lipinski definition) is 6. The van der Waals surface area contributed by atoms with Gasteiger partial charge < -0.3 is 41.0 Å². The lowest BCUT2D eigenvalue weighted by Gasteiger charge is -2.31. The second-order valence-corrected chi connectivity index (χ2v) is 12.3. The lowest BCUT2D eigenvalue weighted by Crippen LogP contribution is -2.45. The molecule has 2 aromatic carbocycles. The fourth-order valence-corrected chi connectivity index (χ4v) is 6.49. The molecule has 0 amide bonds. The normalized spacial score (nSPS) is 18.4. The molecule has 0 saturated heterocycles. The first kappa shape index (κ1) is 32.7. The third kappa shape index (κ3) is 6.97. The molecule has 2 aliphatic heterocycles. The van der Waals surface area contributed by atoms with Gasteiger partial charge in [0.25, 0.3) is 0 Å². The number of halogens is 2. The lowest BCUT2D eigenvalue weighted by atomic mass is 9.90. The van der Waals surface area contributed by atoms with Crippen LogP contribution in [0.2, 0.25) is 0 Å². The zero-order chi connectivity index (χ0) is 31.6. The first-order chi connectivity index (χ1) is 20.4. The molecule has 0 aromatic heterocycles. The molecule has 0 fully saturated rings. The van der Waals surface area contributed by atoms with Crippen LogP contribution in [0.3, 0.4) is 0 Å². The number of ether oxygens (including phenoxy) is 2. The Balaban J connectivity index is 1.78. The van der Waals surface area contributed by atoms with E-state index in [9.17, 15) is 19.8 Å². The molecule has 2 unspecified atom stereocenters. The maximum Gasteiger partial charge on any atom is 0.338 e. The topological polar surface area (TPSA) is 141 Å². The molecule has 6 N–H and O–H groups in total. The van der Waals surface area contributed by atoms with E-state index in [4.69, 9.17) is 33.9 Å². The summed E-state index contributed by atoms with van der Waals surface area (Å²) in [6, 6.07) is 5.15. The second kappa shape index (κ2) is 13.6. The molecular weight excluding hydrogens is 724 g/mol. The minimum atomic E-state index is -0.765. The van der Waals surface area contributed by atoms with Crippen molar-refractivity contribution in [3.05, 3.63) is 78.0 Å². The van der Waals surface area contributed by atoms with E-state index in [-0.39, 0.29) is 24.7 Å². The zero-order valence-electron chi connectivity index (χ0n) is 23.7. The van der Waals surface area contributed by atoms with E-state index >= 15 is 0 Å². The van der Waals surface area contributed by atoms with Gasteiger partial charge in [-0.05, 0) is 93.9 Å². The van der Waals surface area contributed by atoms with Gasteiger partial charge in [-0.15, -0.1) is 0 Å². The Morgan fingerprint density at radius 2 is 1.14 bits per heavy atom. The quantitative estimate of drug-likeness (QED) is 0.161. The molecule has 43 heavy (non-hydrogen) atoms. The van der Waals surface area contributed by atoms with Crippen molar-refractivity contribution in [2.45, 2.75) is 46.2 Å². The van der Waals surface area contributed by atoms with Crippen molar-refractivity contribution in [2.24, 2.45) is 0 Å². The molecule has 10 nitrogen and oxygen atoms in total. The monoisotopic (exact) mass is 752 g/mol. The second-order valence-electron chi connectivity index (χ2n) is 9.76.